The van der Waals surface area contributed by atoms with Crippen LogP contribution in [0.3, 0.4) is 0 Å². The van der Waals surface area contributed by atoms with Crippen LogP contribution >= 0.6 is 0 Å². The number of nitrogens with two attached hydrogens (primary N) is 1. The number of hydrogen-bond acceptors (Lipinski definition) is 3. The van der Waals surface area contributed by atoms with Crippen LogP contribution in [0.2, 0.25) is 0 Å². The fraction of sp³-hybridized carbons (Fsp3) is 0.182. The standard InChI is InChI=1S/C22H21N3O2/c1-15-20(22(24)26)13-21(18-7-3-17(14-23)4-8-18)25(15)12-11-16-5-9-19(27-2)10-6-16/h3-10,13H,11-12H2,1-2H3,(H2,24,26). The molecule has 0 aliphatic rings. The molecule has 27 heavy (non-hydrogen) atoms. The maximum absolute atomic E-state index is 11.8. The normalized spacial score (nSPS) is 10.4. The maximum Gasteiger partial charge on any atom is 0.250 e. The van der Waals surface area contributed by atoms with Gasteiger partial charge in [0.05, 0.1) is 24.3 Å². The maximum atomic E-state index is 11.8. The Labute approximate surface area is 158 Å². The number of carbonyl (C=O) groups is 1. The number of primary amides is 1. The van der Waals surface area contributed by atoms with Gasteiger partial charge in [-0.3, -0.25) is 4.79 Å². The summed E-state index contributed by atoms with van der Waals surface area (Å²) in [6.45, 7) is 2.61. The number of benzene rings is 2. The average Bonchev–Trinajstić information content (AvgIpc) is 3.03. The first-order valence-corrected chi connectivity index (χ1v) is 8.67. The summed E-state index contributed by atoms with van der Waals surface area (Å²) in [6.07, 6.45) is 0.807. The monoisotopic (exact) mass is 359 g/mol. The lowest BCUT2D eigenvalue weighted by atomic mass is 10.1. The summed E-state index contributed by atoms with van der Waals surface area (Å²) in [5.41, 5.74) is 10.5. The fourth-order valence-corrected chi connectivity index (χ4v) is 3.17. The summed E-state index contributed by atoms with van der Waals surface area (Å²) in [5, 5.41) is 9.00. The second kappa shape index (κ2) is 7.79. The molecule has 0 unspecified atom stereocenters. The molecule has 5 nitrogen and oxygen atoms in total. The summed E-state index contributed by atoms with van der Waals surface area (Å²) < 4.78 is 7.30. The largest absolute Gasteiger partial charge is 0.497 e. The van der Waals surface area contributed by atoms with Crippen molar-refractivity contribution in [2.45, 2.75) is 19.9 Å². The number of nitriles is 1. The fourth-order valence-electron chi connectivity index (χ4n) is 3.17. The number of nitrogens with zero attached hydrogens (tertiary/aromatic N) is 2. The summed E-state index contributed by atoms with van der Waals surface area (Å²) in [4.78, 5) is 11.8. The summed E-state index contributed by atoms with van der Waals surface area (Å²) in [6, 6.07) is 19.2. The van der Waals surface area contributed by atoms with Gasteiger partial charge in [-0.05, 0) is 54.8 Å². The topological polar surface area (TPSA) is 81.0 Å². The second-order valence-electron chi connectivity index (χ2n) is 6.33. The minimum Gasteiger partial charge on any atom is -0.497 e. The Morgan fingerprint density at radius 3 is 2.37 bits per heavy atom. The van der Waals surface area contributed by atoms with E-state index < -0.39 is 5.91 Å². The summed E-state index contributed by atoms with van der Waals surface area (Å²) >= 11 is 0. The van der Waals surface area contributed by atoms with Crippen LogP contribution in [0.1, 0.15) is 27.2 Å². The van der Waals surface area contributed by atoms with Gasteiger partial charge >= 0.3 is 0 Å². The van der Waals surface area contributed by atoms with Gasteiger partial charge in [0.2, 0.25) is 0 Å². The predicted octanol–water partition coefficient (Wildman–Crippen LogP) is 3.69. The molecular weight excluding hydrogens is 338 g/mol. The average molecular weight is 359 g/mol. The van der Waals surface area contributed by atoms with Gasteiger partial charge in [-0.2, -0.15) is 5.26 Å². The van der Waals surface area contributed by atoms with Crippen molar-refractivity contribution in [2.24, 2.45) is 5.73 Å². The molecule has 1 heterocycles. The summed E-state index contributed by atoms with van der Waals surface area (Å²) in [5.74, 6) is 0.385. The number of rotatable bonds is 6. The number of ether oxygens (including phenoxy) is 1. The number of methoxy groups -OCH3 is 1. The van der Waals surface area contributed by atoms with E-state index in [0.717, 1.165) is 29.1 Å². The van der Waals surface area contributed by atoms with Crippen LogP contribution in [-0.4, -0.2) is 17.6 Å². The van der Waals surface area contributed by atoms with E-state index in [1.54, 1.807) is 19.2 Å². The number of carbonyl (C=O) groups excluding carboxylic acids is 1. The van der Waals surface area contributed by atoms with Crippen molar-refractivity contribution in [2.75, 3.05) is 7.11 Å². The molecule has 3 aromatic rings. The Balaban J connectivity index is 1.94. The molecule has 136 valence electrons. The van der Waals surface area contributed by atoms with Crippen molar-refractivity contribution in [3.63, 3.8) is 0 Å². The van der Waals surface area contributed by atoms with Crippen LogP contribution in [0, 0.1) is 18.3 Å². The highest BCUT2D eigenvalue weighted by Gasteiger charge is 2.16. The Kier molecular flexibility index (Phi) is 5.28. The number of hydrogen-bond donors (Lipinski definition) is 1. The highest BCUT2D eigenvalue weighted by molar-refractivity contribution is 5.95. The molecular formula is C22H21N3O2. The van der Waals surface area contributed by atoms with Crippen molar-refractivity contribution in [3.05, 3.63) is 77.0 Å². The van der Waals surface area contributed by atoms with E-state index in [1.165, 1.54) is 5.56 Å². The molecule has 0 aliphatic heterocycles. The highest BCUT2D eigenvalue weighted by Crippen LogP contribution is 2.27. The third kappa shape index (κ3) is 3.85. The van der Waals surface area contributed by atoms with Crippen LogP contribution in [-0.2, 0) is 13.0 Å². The first kappa shape index (κ1) is 18.3. The van der Waals surface area contributed by atoms with Gasteiger partial charge in [0.15, 0.2) is 0 Å². The zero-order valence-electron chi connectivity index (χ0n) is 15.4. The van der Waals surface area contributed by atoms with Gasteiger partial charge in [0.25, 0.3) is 5.91 Å². The lowest BCUT2D eigenvalue weighted by Gasteiger charge is -2.13. The van der Waals surface area contributed by atoms with Gasteiger partial charge in [-0.1, -0.05) is 24.3 Å². The van der Waals surface area contributed by atoms with Crippen LogP contribution in [0.4, 0.5) is 0 Å². The Morgan fingerprint density at radius 1 is 1.15 bits per heavy atom. The molecule has 0 atom stereocenters. The first-order chi connectivity index (χ1) is 13.0. The number of aromatic nitrogens is 1. The molecule has 2 aromatic carbocycles. The molecule has 0 spiro atoms. The van der Waals surface area contributed by atoms with Crippen LogP contribution in [0.25, 0.3) is 11.3 Å². The molecule has 3 rings (SSSR count). The molecule has 1 aromatic heterocycles. The van der Waals surface area contributed by atoms with Gasteiger partial charge in [0, 0.05) is 17.9 Å². The van der Waals surface area contributed by atoms with E-state index >= 15 is 0 Å². The van der Waals surface area contributed by atoms with Crippen molar-refractivity contribution < 1.29 is 9.53 Å². The molecule has 0 saturated carbocycles. The van der Waals surface area contributed by atoms with Crippen molar-refractivity contribution >= 4 is 5.91 Å². The van der Waals surface area contributed by atoms with E-state index in [0.29, 0.717) is 17.7 Å². The predicted molar refractivity (Wildman–Crippen MR) is 105 cm³/mol. The SMILES string of the molecule is COc1ccc(CCn2c(-c3ccc(C#N)cc3)cc(C(N)=O)c2C)cc1. The Morgan fingerprint density at radius 2 is 1.81 bits per heavy atom. The van der Waals surface area contributed by atoms with Crippen molar-refractivity contribution in [1.82, 2.24) is 4.57 Å². The van der Waals surface area contributed by atoms with Gasteiger partial charge in [-0.15, -0.1) is 0 Å². The molecule has 0 radical (unpaired) electrons. The molecule has 2 N–H and O–H groups in total. The summed E-state index contributed by atoms with van der Waals surface area (Å²) in [7, 11) is 1.65. The van der Waals surface area contributed by atoms with E-state index in [4.69, 9.17) is 15.7 Å². The third-order valence-corrected chi connectivity index (χ3v) is 4.72. The molecule has 5 heteroatoms. The minimum absolute atomic E-state index is 0.439. The van der Waals surface area contributed by atoms with Crippen LogP contribution in [0.15, 0.2) is 54.6 Å². The number of amides is 1. The van der Waals surface area contributed by atoms with Crippen LogP contribution < -0.4 is 10.5 Å². The third-order valence-electron chi connectivity index (χ3n) is 4.72. The zero-order valence-corrected chi connectivity index (χ0v) is 15.4. The Bertz CT molecular complexity index is 994. The van der Waals surface area contributed by atoms with E-state index in [2.05, 4.69) is 10.6 Å². The molecule has 1 amide bonds. The van der Waals surface area contributed by atoms with Crippen molar-refractivity contribution in [3.8, 4) is 23.1 Å². The first-order valence-electron chi connectivity index (χ1n) is 8.67. The van der Waals surface area contributed by atoms with E-state index in [-0.39, 0.29) is 0 Å². The van der Waals surface area contributed by atoms with Crippen molar-refractivity contribution in [1.29, 1.82) is 5.26 Å². The molecule has 0 aliphatic carbocycles. The second-order valence-corrected chi connectivity index (χ2v) is 6.33. The van der Waals surface area contributed by atoms with E-state index in [1.807, 2.05) is 49.4 Å². The lowest BCUT2D eigenvalue weighted by Crippen LogP contribution is -2.13. The molecule has 0 saturated heterocycles. The molecule has 0 fully saturated rings. The van der Waals surface area contributed by atoms with Gasteiger partial charge < -0.3 is 15.0 Å². The minimum atomic E-state index is -0.439. The molecule has 0 bridgehead atoms. The van der Waals surface area contributed by atoms with Gasteiger partial charge in [0.1, 0.15) is 5.75 Å². The lowest BCUT2D eigenvalue weighted by molar-refractivity contribution is 0.0999. The van der Waals surface area contributed by atoms with Gasteiger partial charge in [-0.25, -0.2) is 0 Å². The van der Waals surface area contributed by atoms with E-state index in [9.17, 15) is 4.79 Å². The highest BCUT2D eigenvalue weighted by atomic mass is 16.5. The Hall–Kier alpha value is -3.52. The number of aryl methyl sites for hydroxylation is 1. The smallest absolute Gasteiger partial charge is 0.250 e. The quantitative estimate of drug-likeness (QED) is 0.729. The van der Waals surface area contributed by atoms with Crippen LogP contribution in [0.5, 0.6) is 5.75 Å². The zero-order chi connectivity index (χ0) is 19.4.